The van der Waals surface area contributed by atoms with Crippen molar-refractivity contribution in [2.75, 3.05) is 40.5 Å². The average molecular weight is 477 g/mol. The van der Waals surface area contributed by atoms with Crippen LogP contribution in [-0.4, -0.2) is 92.0 Å². The first-order valence-electron chi connectivity index (χ1n) is 11.2. The summed E-state index contributed by atoms with van der Waals surface area (Å²) in [7, 11) is 2.95. The number of ether oxygens (including phenoxy) is 3. The molecule has 0 fully saturated rings. The summed E-state index contributed by atoms with van der Waals surface area (Å²) in [4.78, 5) is 39.2. The van der Waals surface area contributed by atoms with Crippen LogP contribution in [-0.2, 0) is 14.3 Å². The summed E-state index contributed by atoms with van der Waals surface area (Å²) in [5.41, 5.74) is 1.15. The van der Waals surface area contributed by atoms with Crippen LogP contribution < -0.4 is 14.8 Å². The molecule has 1 aromatic rings. The second-order valence-electron chi connectivity index (χ2n) is 8.58. The van der Waals surface area contributed by atoms with Crippen LogP contribution in [0.15, 0.2) is 23.8 Å². The largest absolute Gasteiger partial charge is 0.493 e. The standard InChI is InChI=1S/C24H32N2O8/c1-13(2)24(31)26(6-8-32-3)17-11-16(23(30)25-5-7-27)19-15-9-14(12-28)10-18(33-4)21(15)34-22(19)20(17)29/h9-13,17,19-20,22,27,29H,5-8H2,1-4H3,(H,25,30). The molecule has 0 bridgehead atoms. The van der Waals surface area contributed by atoms with E-state index in [1.165, 1.54) is 25.2 Å². The van der Waals surface area contributed by atoms with Crippen molar-refractivity contribution in [1.82, 2.24) is 10.2 Å². The molecular weight excluding hydrogens is 444 g/mol. The van der Waals surface area contributed by atoms with Crippen LogP contribution in [0.3, 0.4) is 0 Å². The van der Waals surface area contributed by atoms with Gasteiger partial charge in [0.25, 0.3) is 0 Å². The van der Waals surface area contributed by atoms with Gasteiger partial charge in [0.15, 0.2) is 11.5 Å². The van der Waals surface area contributed by atoms with Crippen LogP contribution in [0, 0.1) is 5.92 Å². The van der Waals surface area contributed by atoms with Crippen molar-refractivity contribution < 1.29 is 38.8 Å². The molecule has 4 unspecified atom stereocenters. The lowest BCUT2D eigenvalue weighted by Crippen LogP contribution is -2.57. The van der Waals surface area contributed by atoms with Crippen molar-refractivity contribution in [1.29, 1.82) is 0 Å². The first kappa shape index (κ1) is 25.7. The number of hydrogen-bond donors (Lipinski definition) is 3. The van der Waals surface area contributed by atoms with E-state index in [2.05, 4.69) is 5.32 Å². The molecule has 0 spiro atoms. The van der Waals surface area contributed by atoms with E-state index >= 15 is 0 Å². The number of nitrogens with zero attached hydrogens (tertiary/aromatic N) is 1. The Kier molecular flexibility index (Phi) is 8.29. The fourth-order valence-corrected chi connectivity index (χ4v) is 4.49. The van der Waals surface area contributed by atoms with Gasteiger partial charge in [-0.2, -0.15) is 0 Å². The minimum Gasteiger partial charge on any atom is -0.493 e. The minimum absolute atomic E-state index is 0.0322. The van der Waals surface area contributed by atoms with Crippen molar-refractivity contribution in [2.24, 2.45) is 5.92 Å². The van der Waals surface area contributed by atoms with E-state index in [-0.39, 0.29) is 43.7 Å². The van der Waals surface area contributed by atoms with E-state index in [9.17, 15) is 24.6 Å². The summed E-state index contributed by atoms with van der Waals surface area (Å²) >= 11 is 0. The Morgan fingerprint density at radius 3 is 2.62 bits per heavy atom. The van der Waals surface area contributed by atoms with Crippen molar-refractivity contribution in [3.8, 4) is 11.5 Å². The molecule has 0 saturated carbocycles. The van der Waals surface area contributed by atoms with Crippen LogP contribution in [0.1, 0.15) is 35.7 Å². The Hall–Kier alpha value is -2.95. The van der Waals surface area contributed by atoms with Crippen LogP contribution in [0.5, 0.6) is 11.5 Å². The third-order valence-corrected chi connectivity index (χ3v) is 6.08. The molecular formula is C24H32N2O8. The van der Waals surface area contributed by atoms with Gasteiger partial charge >= 0.3 is 0 Å². The van der Waals surface area contributed by atoms with Gasteiger partial charge in [-0.15, -0.1) is 0 Å². The topological polar surface area (TPSA) is 135 Å². The number of carbonyl (C=O) groups excluding carboxylic acids is 3. The van der Waals surface area contributed by atoms with Gasteiger partial charge in [0, 0.05) is 42.8 Å². The van der Waals surface area contributed by atoms with Crippen molar-refractivity contribution in [3.05, 3.63) is 34.9 Å². The normalized spacial score (nSPS) is 22.9. The molecule has 0 saturated heterocycles. The van der Waals surface area contributed by atoms with Gasteiger partial charge in [-0.05, 0) is 18.2 Å². The highest BCUT2D eigenvalue weighted by atomic mass is 16.5. The number of rotatable bonds is 10. The van der Waals surface area contributed by atoms with Gasteiger partial charge in [-0.3, -0.25) is 14.4 Å². The van der Waals surface area contributed by atoms with Crippen LogP contribution in [0.25, 0.3) is 0 Å². The van der Waals surface area contributed by atoms with Gasteiger partial charge < -0.3 is 34.6 Å². The molecule has 186 valence electrons. The number of aliphatic hydroxyl groups is 2. The summed E-state index contributed by atoms with van der Waals surface area (Å²) in [6, 6.07) is 2.28. The maximum Gasteiger partial charge on any atom is 0.247 e. The van der Waals surface area contributed by atoms with E-state index in [0.29, 0.717) is 28.9 Å². The first-order valence-corrected chi connectivity index (χ1v) is 11.2. The fraction of sp³-hybridized carbons (Fsp3) is 0.542. The van der Waals surface area contributed by atoms with Gasteiger partial charge in [0.2, 0.25) is 11.8 Å². The minimum atomic E-state index is -1.17. The third-order valence-electron chi connectivity index (χ3n) is 6.08. The third kappa shape index (κ3) is 4.79. The summed E-state index contributed by atoms with van der Waals surface area (Å²) in [6.07, 6.45) is 0.171. The van der Waals surface area contributed by atoms with Gasteiger partial charge in [-0.25, -0.2) is 0 Å². The van der Waals surface area contributed by atoms with Gasteiger partial charge in [0.1, 0.15) is 18.5 Å². The highest BCUT2D eigenvalue weighted by molar-refractivity contribution is 5.96. The molecule has 1 heterocycles. The molecule has 10 heteroatoms. The predicted molar refractivity (Wildman–Crippen MR) is 122 cm³/mol. The highest BCUT2D eigenvalue weighted by Crippen LogP contribution is 2.51. The SMILES string of the molecule is COCCN(C(=O)C(C)C)C1C=C(C(=O)NCCO)C2c3cc(C=O)cc(OC)c3OC2C1O. The maximum atomic E-state index is 13.2. The number of fused-ring (bicyclic) bond motifs is 3. The van der Waals surface area contributed by atoms with Crippen LogP contribution in [0.4, 0.5) is 0 Å². The number of methoxy groups -OCH3 is 2. The van der Waals surface area contributed by atoms with Crippen LogP contribution in [0.2, 0.25) is 0 Å². The number of nitrogens with one attached hydrogen (secondary N) is 1. The smallest absolute Gasteiger partial charge is 0.247 e. The zero-order chi connectivity index (χ0) is 25.0. The number of aldehydes is 1. The molecule has 10 nitrogen and oxygen atoms in total. The van der Waals surface area contributed by atoms with Gasteiger partial charge in [-0.1, -0.05) is 13.8 Å². The molecule has 34 heavy (non-hydrogen) atoms. The van der Waals surface area contributed by atoms with E-state index in [1.807, 2.05) is 0 Å². The fourth-order valence-electron chi connectivity index (χ4n) is 4.49. The van der Waals surface area contributed by atoms with E-state index in [4.69, 9.17) is 14.2 Å². The summed E-state index contributed by atoms with van der Waals surface area (Å²) in [6.45, 7) is 3.75. The van der Waals surface area contributed by atoms with E-state index in [0.717, 1.165) is 0 Å². The summed E-state index contributed by atoms with van der Waals surface area (Å²) in [5.74, 6) is -1.07. The lowest BCUT2D eigenvalue weighted by atomic mass is 9.77. The number of hydrogen-bond acceptors (Lipinski definition) is 8. The quantitative estimate of drug-likeness (QED) is 0.410. The van der Waals surface area contributed by atoms with Crippen LogP contribution >= 0.6 is 0 Å². The maximum absolute atomic E-state index is 13.2. The Labute approximate surface area is 198 Å². The molecule has 0 radical (unpaired) electrons. The molecule has 0 aromatic heterocycles. The monoisotopic (exact) mass is 476 g/mol. The van der Waals surface area contributed by atoms with Crippen molar-refractivity contribution in [2.45, 2.75) is 38.0 Å². The van der Waals surface area contributed by atoms with E-state index < -0.39 is 30.1 Å². The Balaban J connectivity index is 2.13. The second-order valence-corrected chi connectivity index (χ2v) is 8.58. The lowest BCUT2D eigenvalue weighted by molar-refractivity contribution is -0.141. The molecule has 4 atom stereocenters. The number of carbonyl (C=O) groups is 3. The van der Waals surface area contributed by atoms with Crippen molar-refractivity contribution >= 4 is 18.1 Å². The molecule has 3 N–H and O–H groups in total. The Morgan fingerprint density at radius 2 is 2.03 bits per heavy atom. The zero-order valence-corrected chi connectivity index (χ0v) is 19.8. The number of aliphatic hydroxyl groups excluding tert-OH is 2. The summed E-state index contributed by atoms with van der Waals surface area (Å²) < 4.78 is 16.7. The van der Waals surface area contributed by atoms with Gasteiger partial charge in [0.05, 0.1) is 32.3 Å². The summed E-state index contributed by atoms with van der Waals surface area (Å²) in [5, 5.41) is 23.2. The highest BCUT2D eigenvalue weighted by Gasteiger charge is 2.51. The first-order chi connectivity index (χ1) is 16.3. The van der Waals surface area contributed by atoms with E-state index in [1.54, 1.807) is 26.0 Å². The zero-order valence-electron chi connectivity index (χ0n) is 19.8. The molecule has 3 rings (SSSR count). The Morgan fingerprint density at radius 1 is 1.29 bits per heavy atom. The number of amides is 2. The second kappa shape index (κ2) is 11.0. The van der Waals surface area contributed by atoms with Crippen molar-refractivity contribution in [3.63, 3.8) is 0 Å². The lowest BCUT2D eigenvalue weighted by Gasteiger charge is -2.41. The molecule has 1 aliphatic heterocycles. The predicted octanol–water partition coefficient (Wildman–Crippen LogP) is 0.261. The number of benzene rings is 1. The molecule has 1 aromatic carbocycles. The molecule has 1 aliphatic carbocycles. The molecule has 2 amide bonds. The Bertz CT molecular complexity index is 961. The average Bonchev–Trinajstić information content (AvgIpc) is 3.22. The molecule has 2 aliphatic rings.